The summed E-state index contributed by atoms with van der Waals surface area (Å²) < 4.78 is 0. The largest absolute Gasteiger partial charge is 0.315 e. The van der Waals surface area contributed by atoms with Gasteiger partial charge < -0.3 is 10.9 Å². The Hall–Kier alpha value is -0.120. The molecule has 0 aliphatic rings. The molecule has 0 aromatic heterocycles. The fourth-order valence-corrected chi connectivity index (χ4v) is 0.679. The highest BCUT2D eigenvalue weighted by Crippen LogP contribution is 1.98. The molecule has 0 aromatic carbocycles. The second-order valence-corrected chi connectivity index (χ2v) is 2.23. The van der Waals surface area contributed by atoms with Gasteiger partial charge in [-0.05, 0) is 6.42 Å². The summed E-state index contributed by atoms with van der Waals surface area (Å²) in [7, 11) is 0. The van der Waals surface area contributed by atoms with Crippen molar-refractivity contribution < 1.29 is 5.21 Å². The molecule has 4 N–H and O–H groups in total. The molecule has 9 heavy (non-hydrogen) atoms. The molecule has 0 spiro atoms. The first kappa shape index (κ1) is 8.88. The van der Waals surface area contributed by atoms with Crippen molar-refractivity contribution in [1.82, 2.24) is 5.48 Å². The zero-order valence-electron chi connectivity index (χ0n) is 5.93. The molecule has 0 bridgehead atoms. The van der Waals surface area contributed by atoms with Gasteiger partial charge in [0.25, 0.3) is 0 Å². The van der Waals surface area contributed by atoms with Crippen LogP contribution in [0.4, 0.5) is 0 Å². The number of hydrogen-bond donors (Lipinski definition) is 3. The molecule has 0 aliphatic carbocycles. The highest BCUT2D eigenvalue weighted by molar-refractivity contribution is 4.50. The first-order chi connectivity index (χ1) is 4.31. The molecule has 1 unspecified atom stereocenters. The Morgan fingerprint density at radius 2 is 2.22 bits per heavy atom. The summed E-state index contributed by atoms with van der Waals surface area (Å²) in [6, 6.07) is 0. The first-order valence-corrected chi connectivity index (χ1v) is 3.46. The van der Waals surface area contributed by atoms with Crippen LogP contribution < -0.4 is 11.2 Å². The maximum absolute atomic E-state index is 8.26. The van der Waals surface area contributed by atoms with Crippen molar-refractivity contribution in [2.24, 2.45) is 5.73 Å². The monoisotopic (exact) mass is 132 g/mol. The summed E-state index contributed by atoms with van der Waals surface area (Å²) in [5, 5.41) is 8.26. The standard InChI is InChI=1S/C6H16N2O/c1-2-3-4-5-6(7)8-9/h6,8-9H,2-5,7H2,1H3. The van der Waals surface area contributed by atoms with Crippen molar-refractivity contribution in [3.8, 4) is 0 Å². The van der Waals surface area contributed by atoms with Crippen LogP contribution >= 0.6 is 0 Å². The third-order valence-electron chi connectivity index (χ3n) is 1.28. The molecule has 0 saturated carbocycles. The summed E-state index contributed by atoms with van der Waals surface area (Å²) in [6.07, 6.45) is 4.08. The first-order valence-electron chi connectivity index (χ1n) is 3.46. The number of nitrogens with one attached hydrogen (secondary N) is 1. The molecule has 0 amide bonds. The van der Waals surface area contributed by atoms with E-state index < -0.39 is 0 Å². The Kier molecular flexibility index (Phi) is 5.93. The van der Waals surface area contributed by atoms with Crippen molar-refractivity contribution in [3.05, 3.63) is 0 Å². The third-order valence-corrected chi connectivity index (χ3v) is 1.28. The molecular weight excluding hydrogens is 116 g/mol. The van der Waals surface area contributed by atoms with Crippen LogP contribution in [0.25, 0.3) is 0 Å². The van der Waals surface area contributed by atoms with Gasteiger partial charge in [0.15, 0.2) is 0 Å². The Morgan fingerprint density at radius 1 is 1.56 bits per heavy atom. The molecule has 1 atom stereocenters. The average molecular weight is 132 g/mol. The highest BCUT2D eigenvalue weighted by atomic mass is 16.5. The van der Waals surface area contributed by atoms with Gasteiger partial charge in [0.2, 0.25) is 0 Å². The molecule has 3 heteroatoms. The second-order valence-electron chi connectivity index (χ2n) is 2.23. The summed E-state index contributed by atoms with van der Waals surface area (Å²) in [4.78, 5) is 0. The summed E-state index contributed by atoms with van der Waals surface area (Å²) in [5.41, 5.74) is 7.35. The molecule has 0 rings (SSSR count). The predicted octanol–water partition coefficient (Wildman–Crippen LogP) is 0.830. The van der Waals surface area contributed by atoms with E-state index in [0.29, 0.717) is 0 Å². The highest BCUT2D eigenvalue weighted by Gasteiger charge is 1.96. The Balaban J connectivity index is 2.88. The van der Waals surface area contributed by atoms with E-state index in [0.717, 1.165) is 12.8 Å². The fourth-order valence-electron chi connectivity index (χ4n) is 0.679. The zero-order chi connectivity index (χ0) is 7.11. The molecule has 0 aliphatic heterocycles. The molecule has 0 radical (unpaired) electrons. The van der Waals surface area contributed by atoms with Crippen LogP contribution in [-0.4, -0.2) is 11.4 Å². The third kappa shape index (κ3) is 5.76. The quantitative estimate of drug-likeness (QED) is 0.295. The van der Waals surface area contributed by atoms with Crippen molar-refractivity contribution in [2.45, 2.75) is 38.8 Å². The molecular formula is C6H16N2O. The zero-order valence-corrected chi connectivity index (χ0v) is 5.93. The Labute approximate surface area is 56.2 Å². The maximum atomic E-state index is 8.26. The summed E-state index contributed by atoms with van der Waals surface area (Å²) in [6.45, 7) is 2.14. The van der Waals surface area contributed by atoms with Crippen LogP contribution in [0.15, 0.2) is 0 Å². The van der Waals surface area contributed by atoms with Gasteiger partial charge in [-0.15, -0.1) is 0 Å². The molecule has 56 valence electrons. The van der Waals surface area contributed by atoms with E-state index in [4.69, 9.17) is 10.9 Å². The molecule has 0 saturated heterocycles. The van der Waals surface area contributed by atoms with Crippen molar-refractivity contribution in [1.29, 1.82) is 0 Å². The van der Waals surface area contributed by atoms with Crippen molar-refractivity contribution >= 4 is 0 Å². The van der Waals surface area contributed by atoms with Crippen LogP contribution in [0, 0.1) is 0 Å². The lowest BCUT2D eigenvalue weighted by atomic mass is 10.2. The SMILES string of the molecule is CCCCCC(N)NO. The Morgan fingerprint density at radius 3 is 2.67 bits per heavy atom. The number of rotatable bonds is 5. The molecule has 0 heterocycles. The lowest BCUT2D eigenvalue weighted by Crippen LogP contribution is -2.34. The van der Waals surface area contributed by atoms with E-state index in [9.17, 15) is 0 Å². The van der Waals surface area contributed by atoms with Crippen LogP contribution in [-0.2, 0) is 0 Å². The number of hydroxylamine groups is 1. The number of hydrogen-bond acceptors (Lipinski definition) is 3. The molecule has 3 nitrogen and oxygen atoms in total. The van der Waals surface area contributed by atoms with E-state index >= 15 is 0 Å². The maximum Gasteiger partial charge on any atom is 0.0784 e. The Bertz CT molecular complexity index is 59.0. The minimum atomic E-state index is -0.239. The van der Waals surface area contributed by atoms with Gasteiger partial charge in [-0.25, -0.2) is 0 Å². The van der Waals surface area contributed by atoms with Gasteiger partial charge in [0, 0.05) is 0 Å². The average Bonchev–Trinajstić information content (AvgIpc) is 1.89. The predicted molar refractivity (Wildman–Crippen MR) is 37.0 cm³/mol. The van der Waals surface area contributed by atoms with E-state index in [2.05, 4.69) is 6.92 Å². The van der Waals surface area contributed by atoms with Gasteiger partial charge in [-0.3, -0.25) is 0 Å². The minimum Gasteiger partial charge on any atom is -0.315 e. The minimum absolute atomic E-state index is 0.239. The van der Waals surface area contributed by atoms with E-state index in [1.54, 1.807) is 0 Å². The lowest BCUT2D eigenvalue weighted by Gasteiger charge is -2.06. The summed E-state index contributed by atoms with van der Waals surface area (Å²) >= 11 is 0. The number of unbranched alkanes of at least 4 members (excludes halogenated alkanes) is 2. The normalized spacial score (nSPS) is 13.7. The van der Waals surface area contributed by atoms with Crippen LogP contribution in [0.5, 0.6) is 0 Å². The van der Waals surface area contributed by atoms with Gasteiger partial charge in [0.05, 0.1) is 6.17 Å². The van der Waals surface area contributed by atoms with E-state index in [1.165, 1.54) is 12.8 Å². The smallest absolute Gasteiger partial charge is 0.0784 e. The van der Waals surface area contributed by atoms with Gasteiger partial charge >= 0.3 is 0 Å². The molecule has 0 aromatic rings. The van der Waals surface area contributed by atoms with Crippen molar-refractivity contribution in [2.75, 3.05) is 0 Å². The van der Waals surface area contributed by atoms with Crippen LogP contribution in [0.1, 0.15) is 32.6 Å². The topological polar surface area (TPSA) is 58.3 Å². The van der Waals surface area contributed by atoms with Gasteiger partial charge in [-0.1, -0.05) is 26.2 Å². The van der Waals surface area contributed by atoms with E-state index in [-0.39, 0.29) is 6.17 Å². The molecule has 0 fully saturated rings. The van der Waals surface area contributed by atoms with Gasteiger partial charge in [0.1, 0.15) is 0 Å². The fraction of sp³-hybridized carbons (Fsp3) is 1.00. The van der Waals surface area contributed by atoms with Crippen LogP contribution in [0.3, 0.4) is 0 Å². The lowest BCUT2D eigenvalue weighted by molar-refractivity contribution is 0.123. The van der Waals surface area contributed by atoms with Gasteiger partial charge in [-0.2, -0.15) is 5.48 Å². The number of nitrogens with two attached hydrogens (primary N) is 1. The second kappa shape index (κ2) is 6.01. The van der Waals surface area contributed by atoms with E-state index in [1.807, 2.05) is 5.48 Å². The summed E-state index contributed by atoms with van der Waals surface area (Å²) in [5.74, 6) is 0. The van der Waals surface area contributed by atoms with Crippen molar-refractivity contribution in [3.63, 3.8) is 0 Å². The van der Waals surface area contributed by atoms with Crippen LogP contribution in [0.2, 0.25) is 0 Å².